The first-order valence-electron chi connectivity index (χ1n) is 10.6. The van der Waals surface area contributed by atoms with E-state index >= 15 is 0 Å². The van der Waals surface area contributed by atoms with Crippen LogP contribution in [0.2, 0.25) is 0 Å². The number of hydrogen-bond acceptors (Lipinski definition) is 7. The molecule has 2 aromatic carbocycles. The van der Waals surface area contributed by atoms with Gasteiger partial charge in [-0.05, 0) is 49.2 Å². The zero-order valence-corrected chi connectivity index (χ0v) is 17.7. The van der Waals surface area contributed by atoms with E-state index < -0.39 is 30.5 Å². The highest BCUT2D eigenvalue weighted by molar-refractivity contribution is 5.95. The van der Waals surface area contributed by atoms with Crippen molar-refractivity contribution in [1.29, 1.82) is 0 Å². The molecule has 0 aliphatic carbocycles. The fraction of sp³-hybridized carbons (Fsp3) is 0.304. The summed E-state index contributed by atoms with van der Waals surface area (Å²) < 4.78 is 16.0. The Labute approximate surface area is 189 Å². The van der Waals surface area contributed by atoms with Crippen molar-refractivity contribution in [3.63, 3.8) is 0 Å². The molecule has 1 saturated heterocycles. The molecule has 172 valence electrons. The van der Waals surface area contributed by atoms with E-state index in [1.54, 1.807) is 41.3 Å². The summed E-state index contributed by atoms with van der Waals surface area (Å²) in [6, 6.07) is 13.3. The number of hydrogen-bond donors (Lipinski definition) is 2. The van der Waals surface area contributed by atoms with Gasteiger partial charge in [0.05, 0.1) is 5.56 Å². The van der Waals surface area contributed by atoms with E-state index in [1.165, 1.54) is 12.1 Å². The summed E-state index contributed by atoms with van der Waals surface area (Å²) in [5.74, 6) is -0.998. The number of nitrogens with one attached hydrogen (secondary N) is 2. The highest BCUT2D eigenvalue weighted by Gasteiger charge is 2.27. The fourth-order valence-electron chi connectivity index (χ4n) is 3.47. The Hall–Kier alpha value is -4.08. The highest BCUT2D eigenvalue weighted by atomic mass is 16.6. The molecule has 0 spiro atoms. The number of amides is 3. The third-order valence-electron chi connectivity index (χ3n) is 5.20. The van der Waals surface area contributed by atoms with Gasteiger partial charge in [-0.3, -0.25) is 25.2 Å². The predicted molar refractivity (Wildman–Crippen MR) is 116 cm³/mol. The summed E-state index contributed by atoms with van der Waals surface area (Å²) in [7, 11) is 0. The molecule has 0 radical (unpaired) electrons. The molecule has 3 amide bonds. The molecule has 10 nitrogen and oxygen atoms in total. The molecule has 1 atom stereocenters. The van der Waals surface area contributed by atoms with Gasteiger partial charge in [-0.25, -0.2) is 4.79 Å². The Balaban J connectivity index is 1.21. The number of ether oxygens (including phenoxy) is 3. The van der Waals surface area contributed by atoms with Crippen LogP contribution < -0.4 is 25.2 Å². The quantitative estimate of drug-likeness (QED) is 0.517. The lowest BCUT2D eigenvalue weighted by molar-refractivity contribution is -0.135. The van der Waals surface area contributed by atoms with Crippen LogP contribution in [0.4, 0.5) is 5.69 Å². The van der Waals surface area contributed by atoms with E-state index in [9.17, 15) is 19.2 Å². The van der Waals surface area contributed by atoms with Crippen LogP contribution in [0, 0.1) is 0 Å². The van der Waals surface area contributed by atoms with Gasteiger partial charge in [0, 0.05) is 18.7 Å². The van der Waals surface area contributed by atoms with Gasteiger partial charge in [0.25, 0.3) is 11.8 Å². The van der Waals surface area contributed by atoms with E-state index in [-0.39, 0.29) is 18.1 Å². The van der Waals surface area contributed by atoms with E-state index in [4.69, 9.17) is 14.2 Å². The summed E-state index contributed by atoms with van der Waals surface area (Å²) >= 11 is 0. The number of hydrazine groups is 1. The molecule has 2 aliphatic heterocycles. The highest BCUT2D eigenvalue weighted by Crippen LogP contribution is 2.30. The summed E-state index contributed by atoms with van der Waals surface area (Å²) in [4.78, 5) is 50.0. The molecule has 4 rings (SSSR count). The molecule has 1 unspecified atom stereocenters. The lowest BCUT2D eigenvalue weighted by atomic mass is 10.1. The second kappa shape index (κ2) is 10.0. The number of carbonyl (C=O) groups excluding carboxylic acids is 4. The minimum Gasteiger partial charge on any atom is -0.485 e. The Morgan fingerprint density at radius 1 is 1.00 bits per heavy atom. The molecule has 1 fully saturated rings. The fourth-order valence-corrected chi connectivity index (χ4v) is 3.47. The Bertz CT molecular complexity index is 1050. The number of fused-ring (bicyclic) bond motifs is 1. The normalized spacial score (nSPS) is 17.2. The van der Waals surface area contributed by atoms with Crippen LogP contribution in [-0.2, 0) is 19.1 Å². The van der Waals surface area contributed by atoms with E-state index in [1.807, 2.05) is 0 Å². The molecule has 2 N–H and O–H groups in total. The lowest BCUT2D eigenvalue weighted by Gasteiger charge is -2.26. The summed E-state index contributed by atoms with van der Waals surface area (Å²) in [5.41, 5.74) is 5.35. The van der Waals surface area contributed by atoms with Crippen LogP contribution in [-0.4, -0.2) is 49.6 Å². The van der Waals surface area contributed by atoms with Crippen LogP contribution in [0.25, 0.3) is 0 Å². The number of nitrogens with zero attached hydrogens (tertiary/aromatic N) is 1. The Morgan fingerprint density at radius 2 is 1.76 bits per heavy atom. The summed E-state index contributed by atoms with van der Waals surface area (Å²) in [6.07, 6.45) is 1.40. The molecule has 10 heteroatoms. The van der Waals surface area contributed by atoms with Crippen LogP contribution in [0.5, 0.6) is 11.5 Å². The maximum atomic E-state index is 12.2. The lowest BCUT2D eigenvalue weighted by Crippen LogP contribution is -2.51. The maximum Gasteiger partial charge on any atom is 0.338 e. The second-order valence-corrected chi connectivity index (χ2v) is 7.53. The number of rotatable bonds is 5. The standard InChI is InChI=1S/C23H23N3O7/c27-20(24-25-22(29)19-13-31-17-5-1-2-6-18(17)33-19)14-32-23(30)15-8-10-16(11-9-15)26-12-4-3-7-21(26)28/h1-2,5-6,8-11,19H,3-4,7,12-14H2,(H,24,27)(H,25,29). The molecule has 33 heavy (non-hydrogen) atoms. The average Bonchev–Trinajstić information content (AvgIpc) is 2.86. The monoisotopic (exact) mass is 453 g/mol. The third kappa shape index (κ3) is 5.40. The number of benzene rings is 2. The number of anilines is 1. The van der Waals surface area contributed by atoms with Gasteiger partial charge in [0.15, 0.2) is 18.1 Å². The molecule has 0 aromatic heterocycles. The van der Waals surface area contributed by atoms with Gasteiger partial charge in [0.1, 0.15) is 6.61 Å². The minimum absolute atomic E-state index is 0.00722. The van der Waals surface area contributed by atoms with E-state index in [2.05, 4.69) is 10.9 Å². The van der Waals surface area contributed by atoms with Crippen molar-refractivity contribution in [1.82, 2.24) is 10.9 Å². The zero-order valence-electron chi connectivity index (χ0n) is 17.7. The second-order valence-electron chi connectivity index (χ2n) is 7.53. The first kappa shape index (κ1) is 22.1. The van der Waals surface area contributed by atoms with Gasteiger partial charge in [-0.2, -0.15) is 0 Å². The van der Waals surface area contributed by atoms with Crippen LogP contribution >= 0.6 is 0 Å². The largest absolute Gasteiger partial charge is 0.485 e. The maximum absolute atomic E-state index is 12.2. The molecule has 2 aliphatic rings. The number of esters is 1. The van der Waals surface area contributed by atoms with Crippen LogP contribution in [0.1, 0.15) is 29.6 Å². The molecular weight excluding hydrogens is 430 g/mol. The van der Waals surface area contributed by atoms with Gasteiger partial charge in [-0.1, -0.05) is 12.1 Å². The van der Waals surface area contributed by atoms with Crippen LogP contribution in [0.3, 0.4) is 0 Å². The molecule has 2 aromatic rings. The number of carbonyl (C=O) groups is 4. The van der Waals surface area contributed by atoms with Crippen molar-refractivity contribution in [2.75, 3.05) is 24.7 Å². The first-order valence-corrected chi connectivity index (χ1v) is 10.6. The van der Waals surface area contributed by atoms with Crippen molar-refractivity contribution < 1.29 is 33.4 Å². The Morgan fingerprint density at radius 3 is 2.52 bits per heavy atom. The van der Waals surface area contributed by atoms with Gasteiger partial charge < -0.3 is 19.1 Å². The van der Waals surface area contributed by atoms with E-state index in [0.717, 1.165) is 12.8 Å². The van der Waals surface area contributed by atoms with Gasteiger partial charge in [0.2, 0.25) is 12.0 Å². The topological polar surface area (TPSA) is 123 Å². The smallest absolute Gasteiger partial charge is 0.338 e. The van der Waals surface area contributed by atoms with E-state index in [0.29, 0.717) is 30.2 Å². The van der Waals surface area contributed by atoms with Crippen molar-refractivity contribution in [2.45, 2.75) is 25.4 Å². The van der Waals surface area contributed by atoms with Crippen molar-refractivity contribution in [3.05, 3.63) is 54.1 Å². The van der Waals surface area contributed by atoms with Crippen molar-refractivity contribution >= 4 is 29.4 Å². The van der Waals surface area contributed by atoms with Gasteiger partial charge in [-0.15, -0.1) is 0 Å². The minimum atomic E-state index is -0.937. The summed E-state index contributed by atoms with van der Waals surface area (Å²) in [5, 5.41) is 0. The van der Waals surface area contributed by atoms with Gasteiger partial charge >= 0.3 is 5.97 Å². The first-order chi connectivity index (χ1) is 16.0. The molecule has 0 saturated carbocycles. The van der Waals surface area contributed by atoms with Crippen molar-refractivity contribution in [3.8, 4) is 11.5 Å². The van der Waals surface area contributed by atoms with Crippen LogP contribution in [0.15, 0.2) is 48.5 Å². The number of piperidine rings is 1. The third-order valence-corrected chi connectivity index (χ3v) is 5.20. The Kier molecular flexibility index (Phi) is 6.72. The number of para-hydroxylation sites is 2. The SMILES string of the molecule is O=C(COC(=O)c1ccc(N2CCCCC2=O)cc1)NNC(=O)C1COc2ccccc2O1. The zero-order chi connectivity index (χ0) is 23.2. The molecule has 0 bridgehead atoms. The molecule has 2 heterocycles. The van der Waals surface area contributed by atoms with Crippen molar-refractivity contribution in [2.24, 2.45) is 0 Å². The summed E-state index contributed by atoms with van der Waals surface area (Å²) in [6.45, 7) is 0.0576. The average molecular weight is 453 g/mol. The molecular formula is C23H23N3O7. The predicted octanol–water partition coefficient (Wildman–Crippen LogP) is 1.35.